The van der Waals surface area contributed by atoms with Crippen molar-refractivity contribution in [2.24, 2.45) is 0 Å². The molecule has 1 fully saturated rings. The van der Waals surface area contributed by atoms with Crippen LogP contribution in [0.15, 0.2) is 66.7 Å². The van der Waals surface area contributed by atoms with Gasteiger partial charge in [-0.15, -0.1) is 0 Å². The van der Waals surface area contributed by atoms with Crippen molar-refractivity contribution in [1.82, 2.24) is 9.80 Å². The van der Waals surface area contributed by atoms with Crippen molar-refractivity contribution in [3.63, 3.8) is 0 Å². The van der Waals surface area contributed by atoms with Crippen molar-refractivity contribution in [2.75, 3.05) is 44.7 Å². The zero-order valence-electron chi connectivity index (χ0n) is 17.1. The number of morpholine rings is 1. The summed E-state index contributed by atoms with van der Waals surface area (Å²) in [6.45, 7) is 5.26. The number of hydrogen-bond donors (Lipinski definition) is 1. The van der Waals surface area contributed by atoms with Crippen LogP contribution in [0.1, 0.15) is 28.5 Å². The lowest BCUT2D eigenvalue weighted by molar-refractivity contribution is 0.0348. The molecule has 30 heavy (non-hydrogen) atoms. The molecule has 2 aliphatic heterocycles. The standard InChI is InChI=1S/C25H27N3O2/c29-25-22-8-3-4-9-23(22)26-24(21-11-10-19-6-1-2-7-20(19)18-21)28(25)13-5-12-27-14-16-30-17-15-27/h1-4,6-11,18,24,26H,5,12-17H2/t24-/m1/s1. The van der Waals surface area contributed by atoms with E-state index in [1.165, 1.54) is 10.8 Å². The van der Waals surface area contributed by atoms with Gasteiger partial charge in [-0.1, -0.05) is 48.5 Å². The second-order valence-electron chi connectivity index (χ2n) is 8.01. The van der Waals surface area contributed by atoms with Gasteiger partial charge in [-0.2, -0.15) is 0 Å². The van der Waals surface area contributed by atoms with Crippen molar-refractivity contribution >= 4 is 22.4 Å². The van der Waals surface area contributed by atoms with E-state index in [4.69, 9.17) is 4.74 Å². The van der Waals surface area contributed by atoms with E-state index in [1.54, 1.807) is 0 Å². The molecule has 0 saturated carbocycles. The number of hydrogen-bond acceptors (Lipinski definition) is 4. The maximum atomic E-state index is 13.4. The smallest absolute Gasteiger partial charge is 0.257 e. The van der Waals surface area contributed by atoms with Crippen molar-refractivity contribution in [1.29, 1.82) is 0 Å². The number of anilines is 1. The molecule has 1 N–H and O–H groups in total. The van der Waals surface area contributed by atoms with Crippen molar-refractivity contribution in [3.8, 4) is 0 Å². The number of nitrogens with one attached hydrogen (secondary N) is 1. The van der Waals surface area contributed by atoms with Gasteiger partial charge < -0.3 is 15.0 Å². The Balaban J connectivity index is 1.42. The number of rotatable bonds is 5. The number of fused-ring (bicyclic) bond motifs is 2. The second kappa shape index (κ2) is 8.46. The molecule has 5 rings (SSSR count). The molecule has 1 amide bonds. The van der Waals surface area contributed by atoms with E-state index in [1.807, 2.05) is 29.2 Å². The van der Waals surface area contributed by atoms with Crippen LogP contribution in [0.3, 0.4) is 0 Å². The van der Waals surface area contributed by atoms with Crippen LogP contribution in [0.4, 0.5) is 5.69 Å². The molecule has 3 aromatic carbocycles. The monoisotopic (exact) mass is 401 g/mol. The lowest BCUT2D eigenvalue weighted by atomic mass is 10.0. The first-order valence-electron chi connectivity index (χ1n) is 10.7. The molecule has 5 nitrogen and oxygen atoms in total. The minimum Gasteiger partial charge on any atom is -0.379 e. The van der Waals surface area contributed by atoms with Gasteiger partial charge in [-0.05, 0) is 41.0 Å². The molecule has 0 spiro atoms. The zero-order chi connectivity index (χ0) is 20.3. The van der Waals surface area contributed by atoms with Crippen LogP contribution in [-0.4, -0.2) is 55.1 Å². The Bertz CT molecular complexity index is 1050. The highest BCUT2D eigenvalue weighted by molar-refractivity contribution is 6.01. The van der Waals surface area contributed by atoms with Gasteiger partial charge >= 0.3 is 0 Å². The first-order chi connectivity index (χ1) is 14.8. The SMILES string of the molecule is O=C1c2ccccc2N[C@@H](c2ccc3ccccc3c2)N1CCCN1CCOCC1. The first-order valence-corrected chi connectivity index (χ1v) is 10.7. The summed E-state index contributed by atoms with van der Waals surface area (Å²) in [7, 11) is 0. The first kappa shape index (κ1) is 19.1. The molecule has 2 aliphatic rings. The third-order valence-corrected chi connectivity index (χ3v) is 6.09. The predicted molar refractivity (Wildman–Crippen MR) is 120 cm³/mol. The number of ether oxygens (including phenoxy) is 1. The number of carbonyl (C=O) groups is 1. The summed E-state index contributed by atoms with van der Waals surface area (Å²) in [6.07, 6.45) is 0.779. The summed E-state index contributed by atoms with van der Waals surface area (Å²) in [5.41, 5.74) is 2.77. The molecule has 3 aromatic rings. The maximum Gasteiger partial charge on any atom is 0.257 e. The molecule has 0 aromatic heterocycles. The molecule has 1 saturated heterocycles. The van der Waals surface area contributed by atoms with Crippen molar-refractivity contribution in [3.05, 3.63) is 77.9 Å². The lowest BCUT2D eigenvalue weighted by Gasteiger charge is -2.39. The minimum absolute atomic E-state index is 0.101. The van der Waals surface area contributed by atoms with E-state index in [2.05, 4.69) is 52.7 Å². The maximum absolute atomic E-state index is 13.4. The van der Waals surface area contributed by atoms with Gasteiger partial charge in [0.05, 0.1) is 18.8 Å². The molecule has 1 atom stereocenters. The van der Waals surface area contributed by atoms with Gasteiger partial charge in [0.25, 0.3) is 5.91 Å². The van der Waals surface area contributed by atoms with Gasteiger partial charge in [-0.25, -0.2) is 0 Å². The summed E-state index contributed by atoms with van der Waals surface area (Å²) in [4.78, 5) is 17.8. The highest BCUT2D eigenvalue weighted by Crippen LogP contribution is 2.34. The third-order valence-electron chi connectivity index (χ3n) is 6.09. The average molecular weight is 402 g/mol. The summed E-state index contributed by atoms with van der Waals surface area (Å²) in [6, 6.07) is 22.6. The molecular formula is C25H27N3O2. The Morgan fingerprint density at radius 2 is 1.67 bits per heavy atom. The number of carbonyl (C=O) groups excluding carboxylic acids is 1. The van der Waals surface area contributed by atoms with Gasteiger partial charge in [0.1, 0.15) is 6.17 Å². The summed E-state index contributed by atoms with van der Waals surface area (Å²) in [5.74, 6) is 0.101. The summed E-state index contributed by atoms with van der Waals surface area (Å²) >= 11 is 0. The fraction of sp³-hybridized carbons (Fsp3) is 0.320. The molecule has 0 bridgehead atoms. The van der Waals surface area contributed by atoms with Gasteiger partial charge in [0.2, 0.25) is 0 Å². The van der Waals surface area contributed by atoms with Gasteiger partial charge in [-0.3, -0.25) is 9.69 Å². The van der Waals surface area contributed by atoms with Crippen LogP contribution in [0.5, 0.6) is 0 Å². The average Bonchev–Trinajstić information content (AvgIpc) is 2.81. The fourth-order valence-corrected chi connectivity index (χ4v) is 4.45. The Morgan fingerprint density at radius 1 is 0.900 bits per heavy atom. The summed E-state index contributed by atoms with van der Waals surface area (Å²) in [5, 5.41) is 6.02. The topological polar surface area (TPSA) is 44.8 Å². The molecular weight excluding hydrogens is 374 g/mol. The van der Waals surface area contributed by atoms with Crippen LogP contribution in [0.2, 0.25) is 0 Å². The Morgan fingerprint density at radius 3 is 2.53 bits per heavy atom. The van der Waals surface area contributed by atoms with Gasteiger partial charge in [0, 0.05) is 31.9 Å². The molecule has 2 heterocycles. The Kier molecular flexibility index (Phi) is 5.39. The van der Waals surface area contributed by atoms with Crippen LogP contribution in [-0.2, 0) is 4.74 Å². The highest BCUT2D eigenvalue weighted by atomic mass is 16.5. The molecule has 5 heteroatoms. The number of benzene rings is 3. The van der Waals surface area contributed by atoms with Crippen LogP contribution in [0, 0.1) is 0 Å². The fourth-order valence-electron chi connectivity index (χ4n) is 4.45. The van der Waals surface area contributed by atoms with Crippen LogP contribution < -0.4 is 5.32 Å². The van der Waals surface area contributed by atoms with Crippen LogP contribution >= 0.6 is 0 Å². The molecule has 0 aliphatic carbocycles. The van der Waals surface area contributed by atoms with E-state index in [9.17, 15) is 4.79 Å². The largest absolute Gasteiger partial charge is 0.379 e. The summed E-state index contributed by atoms with van der Waals surface area (Å²) < 4.78 is 5.45. The number of amides is 1. The predicted octanol–water partition coefficient (Wildman–Crippen LogP) is 4.13. The zero-order valence-corrected chi connectivity index (χ0v) is 17.1. The lowest BCUT2D eigenvalue weighted by Crippen LogP contribution is -2.44. The van der Waals surface area contributed by atoms with E-state index >= 15 is 0 Å². The van der Waals surface area contributed by atoms with E-state index < -0.39 is 0 Å². The quantitative estimate of drug-likeness (QED) is 0.698. The normalized spacial score (nSPS) is 19.5. The van der Waals surface area contributed by atoms with Crippen LogP contribution in [0.25, 0.3) is 10.8 Å². The van der Waals surface area contributed by atoms with E-state index in [0.717, 1.165) is 62.6 Å². The third kappa shape index (κ3) is 3.78. The minimum atomic E-state index is -0.165. The highest BCUT2D eigenvalue weighted by Gasteiger charge is 2.32. The van der Waals surface area contributed by atoms with Crippen molar-refractivity contribution < 1.29 is 9.53 Å². The van der Waals surface area contributed by atoms with Gasteiger partial charge in [0.15, 0.2) is 0 Å². The van der Waals surface area contributed by atoms with E-state index in [-0.39, 0.29) is 12.1 Å². The molecule has 154 valence electrons. The molecule has 0 unspecified atom stereocenters. The second-order valence-corrected chi connectivity index (χ2v) is 8.01. The number of para-hydroxylation sites is 1. The number of nitrogens with zero attached hydrogens (tertiary/aromatic N) is 2. The Labute approximate surface area is 177 Å². The van der Waals surface area contributed by atoms with Crippen molar-refractivity contribution in [2.45, 2.75) is 12.6 Å². The van der Waals surface area contributed by atoms with E-state index in [0.29, 0.717) is 0 Å². The Hall–Kier alpha value is -2.89. The molecule has 0 radical (unpaired) electrons.